The highest BCUT2D eigenvalue weighted by Gasteiger charge is 2.06. The van der Waals surface area contributed by atoms with Crippen molar-refractivity contribution in [1.82, 2.24) is 4.98 Å². The van der Waals surface area contributed by atoms with E-state index in [4.69, 9.17) is 17.3 Å². The summed E-state index contributed by atoms with van der Waals surface area (Å²) in [6.45, 7) is 0. The van der Waals surface area contributed by atoms with Crippen molar-refractivity contribution in [3.63, 3.8) is 0 Å². The number of nitrogens with zero attached hydrogens (tertiary/aromatic N) is 1. The van der Waals surface area contributed by atoms with Gasteiger partial charge in [0, 0.05) is 13.2 Å². The van der Waals surface area contributed by atoms with Crippen LogP contribution >= 0.6 is 27.5 Å². The standard InChI is InChI=1S/C6H7BrClN3/c1-10-6-5(9)4(8)3(7)2-11-6/h2H,9H2,1H3,(H,10,11). The molecule has 1 aromatic rings. The SMILES string of the molecule is CNc1ncc(Br)c(Cl)c1N. The lowest BCUT2D eigenvalue weighted by molar-refractivity contribution is 1.28. The maximum Gasteiger partial charge on any atom is 0.150 e. The number of halogens is 2. The zero-order valence-electron chi connectivity index (χ0n) is 5.86. The first-order valence-corrected chi connectivity index (χ1v) is 4.11. The van der Waals surface area contributed by atoms with E-state index in [1.165, 1.54) is 0 Å². The number of nitrogens with one attached hydrogen (secondary N) is 1. The van der Waals surface area contributed by atoms with Gasteiger partial charge in [-0.1, -0.05) is 11.6 Å². The zero-order valence-corrected chi connectivity index (χ0v) is 8.20. The smallest absolute Gasteiger partial charge is 0.150 e. The molecule has 0 saturated heterocycles. The third-order valence-electron chi connectivity index (χ3n) is 1.25. The van der Waals surface area contributed by atoms with Gasteiger partial charge >= 0.3 is 0 Å². The summed E-state index contributed by atoms with van der Waals surface area (Å²) in [5, 5.41) is 3.31. The summed E-state index contributed by atoms with van der Waals surface area (Å²) in [5.41, 5.74) is 6.07. The van der Waals surface area contributed by atoms with E-state index in [1.54, 1.807) is 13.2 Å². The summed E-state index contributed by atoms with van der Waals surface area (Å²) in [5.74, 6) is 0.596. The molecule has 0 aromatic carbocycles. The number of hydrogen-bond donors (Lipinski definition) is 2. The fourth-order valence-corrected chi connectivity index (χ4v) is 1.13. The molecule has 1 heterocycles. The molecule has 0 spiro atoms. The quantitative estimate of drug-likeness (QED) is 0.785. The lowest BCUT2D eigenvalue weighted by Crippen LogP contribution is -1.99. The highest BCUT2D eigenvalue weighted by Crippen LogP contribution is 2.31. The van der Waals surface area contributed by atoms with E-state index >= 15 is 0 Å². The van der Waals surface area contributed by atoms with Crippen molar-refractivity contribution < 1.29 is 0 Å². The molecule has 0 bridgehead atoms. The van der Waals surface area contributed by atoms with Crippen LogP contribution in [0.2, 0.25) is 5.02 Å². The molecule has 1 rings (SSSR count). The van der Waals surface area contributed by atoms with E-state index < -0.39 is 0 Å². The van der Waals surface area contributed by atoms with Gasteiger partial charge < -0.3 is 11.1 Å². The maximum atomic E-state index is 5.81. The van der Waals surface area contributed by atoms with Crippen LogP contribution in [0.25, 0.3) is 0 Å². The summed E-state index contributed by atoms with van der Waals surface area (Å²) in [7, 11) is 1.74. The van der Waals surface area contributed by atoms with Crippen molar-refractivity contribution in [3.8, 4) is 0 Å². The fourth-order valence-electron chi connectivity index (χ4n) is 0.679. The minimum Gasteiger partial charge on any atom is -0.394 e. The van der Waals surface area contributed by atoms with E-state index in [1.807, 2.05) is 0 Å². The predicted molar refractivity (Wildman–Crippen MR) is 50.9 cm³/mol. The molecule has 0 atom stereocenters. The van der Waals surface area contributed by atoms with Gasteiger partial charge in [0.25, 0.3) is 0 Å². The Bertz CT molecular complexity index is 277. The molecule has 0 aliphatic heterocycles. The van der Waals surface area contributed by atoms with Crippen LogP contribution in [0.3, 0.4) is 0 Å². The molecular formula is C6H7BrClN3. The Labute approximate surface area is 78.1 Å². The van der Waals surface area contributed by atoms with E-state index in [-0.39, 0.29) is 0 Å². The highest BCUT2D eigenvalue weighted by atomic mass is 79.9. The molecular weight excluding hydrogens is 229 g/mol. The van der Waals surface area contributed by atoms with Crippen molar-refractivity contribution in [1.29, 1.82) is 0 Å². The van der Waals surface area contributed by atoms with Crippen LogP contribution in [0.15, 0.2) is 10.7 Å². The number of aromatic nitrogens is 1. The summed E-state index contributed by atoms with van der Waals surface area (Å²) in [6.07, 6.45) is 1.60. The van der Waals surface area contributed by atoms with E-state index in [0.29, 0.717) is 21.0 Å². The van der Waals surface area contributed by atoms with Gasteiger partial charge in [-0.25, -0.2) is 4.98 Å². The average Bonchev–Trinajstić information content (AvgIpc) is 2.01. The topological polar surface area (TPSA) is 50.9 Å². The van der Waals surface area contributed by atoms with Gasteiger partial charge in [0.15, 0.2) is 5.82 Å². The molecule has 0 aliphatic carbocycles. The van der Waals surface area contributed by atoms with Crippen molar-refractivity contribution in [2.75, 3.05) is 18.1 Å². The van der Waals surface area contributed by atoms with Gasteiger partial charge in [0.2, 0.25) is 0 Å². The lowest BCUT2D eigenvalue weighted by atomic mass is 10.4. The first-order valence-electron chi connectivity index (χ1n) is 2.94. The van der Waals surface area contributed by atoms with Crippen LogP contribution in [0, 0.1) is 0 Å². The summed E-state index contributed by atoms with van der Waals surface area (Å²) >= 11 is 9.02. The number of nitrogen functional groups attached to an aromatic ring is 1. The molecule has 0 amide bonds. The third kappa shape index (κ3) is 1.57. The number of anilines is 2. The largest absolute Gasteiger partial charge is 0.394 e. The normalized spacial score (nSPS) is 9.73. The third-order valence-corrected chi connectivity index (χ3v) is 2.48. The Balaban J connectivity index is 3.25. The molecule has 3 N–H and O–H groups in total. The second-order valence-corrected chi connectivity index (χ2v) is 3.16. The van der Waals surface area contributed by atoms with Crippen LogP contribution in [0.1, 0.15) is 0 Å². The van der Waals surface area contributed by atoms with Gasteiger partial charge in [-0.15, -0.1) is 0 Å². The number of pyridine rings is 1. The van der Waals surface area contributed by atoms with Gasteiger partial charge in [0.05, 0.1) is 15.2 Å². The molecule has 0 unspecified atom stereocenters. The molecule has 0 aliphatic rings. The lowest BCUT2D eigenvalue weighted by Gasteiger charge is -2.05. The van der Waals surface area contributed by atoms with Gasteiger partial charge in [-0.05, 0) is 15.9 Å². The van der Waals surface area contributed by atoms with Gasteiger partial charge in [-0.3, -0.25) is 0 Å². The minimum absolute atomic E-state index is 0.462. The van der Waals surface area contributed by atoms with Crippen molar-refractivity contribution >= 4 is 39.0 Å². The Morgan fingerprint density at radius 2 is 2.36 bits per heavy atom. The molecule has 0 fully saturated rings. The molecule has 11 heavy (non-hydrogen) atoms. The zero-order chi connectivity index (χ0) is 8.43. The number of hydrogen-bond acceptors (Lipinski definition) is 3. The van der Waals surface area contributed by atoms with Crippen molar-refractivity contribution in [2.45, 2.75) is 0 Å². The number of nitrogens with two attached hydrogens (primary N) is 1. The van der Waals surface area contributed by atoms with Gasteiger partial charge in [0.1, 0.15) is 0 Å². The van der Waals surface area contributed by atoms with Crippen LogP contribution in [-0.4, -0.2) is 12.0 Å². The predicted octanol–water partition coefficient (Wildman–Crippen LogP) is 2.12. The molecule has 60 valence electrons. The summed E-state index contributed by atoms with van der Waals surface area (Å²) < 4.78 is 0.704. The summed E-state index contributed by atoms with van der Waals surface area (Å²) in [6, 6.07) is 0. The Kier molecular flexibility index (Phi) is 2.57. The first-order chi connectivity index (χ1) is 5.16. The highest BCUT2D eigenvalue weighted by molar-refractivity contribution is 9.10. The van der Waals surface area contributed by atoms with Gasteiger partial charge in [-0.2, -0.15) is 0 Å². The Morgan fingerprint density at radius 3 is 2.91 bits per heavy atom. The van der Waals surface area contributed by atoms with Crippen molar-refractivity contribution in [2.24, 2.45) is 0 Å². The summed E-state index contributed by atoms with van der Waals surface area (Å²) in [4.78, 5) is 3.99. The van der Waals surface area contributed by atoms with Crippen LogP contribution in [0.5, 0.6) is 0 Å². The average molecular weight is 236 g/mol. The Hall–Kier alpha value is -0.480. The number of rotatable bonds is 1. The van der Waals surface area contributed by atoms with Crippen LogP contribution in [-0.2, 0) is 0 Å². The fraction of sp³-hybridized carbons (Fsp3) is 0.167. The minimum atomic E-state index is 0.462. The van der Waals surface area contributed by atoms with E-state index in [2.05, 4.69) is 26.2 Å². The second-order valence-electron chi connectivity index (χ2n) is 1.93. The van der Waals surface area contributed by atoms with E-state index in [9.17, 15) is 0 Å². The van der Waals surface area contributed by atoms with Crippen LogP contribution in [0.4, 0.5) is 11.5 Å². The Morgan fingerprint density at radius 1 is 1.73 bits per heavy atom. The van der Waals surface area contributed by atoms with Crippen LogP contribution < -0.4 is 11.1 Å². The molecule has 0 radical (unpaired) electrons. The monoisotopic (exact) mass is 235 g/mol. The van der Waals surface area contributed by atoms with Crippen molar-refractivity contribution in [3.05, 3.63) is 15.7 Å². The molecule has 5 heteroatoms. The first kappa shape index (κ1) is 8.62. The van der Waals surface area contributed by atoms with E-state index in [0.717, 1.165) is 0 Å². The molecule has 3 nitrogen and oxygen atoms in total. The second kappa shape index (κ2) is 3.28. The maximum absolute atomic E-state index is 5.81. The molecule has 1 aromatic heterocycles. The molecule has 0 saturated carbocycles.